The van der Waals surface area contributed by atoms with Crippen molar-refractivity contribution in [1.29, 1.82) is 0 Å². The van der Waals surface area contributed by atoms with E-state index in [1.54, 1.807) is 7.05 Å². The summed E-state index contributed by atoms with van der Waals surface area (Å²) in [6.45, 7) is 4.67. The van der Waals surface area contributed by atoms with Crippen LogP contribution in [-0.2, 0) is 4.79 Å². The molecule has 5 nitrogen and oxygen atoms in total. The Morgan fingerprint density at radius 2 is 2.05 bits per heavy atom. The summed E-state index contributed by atoms with van der Waals surface area (Å²) in [5.41, 5.74) is 0. The lowest BCUT2D eigenvalue weighted by Gasteiger charge is -2.17. The number of halogens is 1. The van der Waals surface area contributed by atoms with Crippen LogP contribution in [0.5, 0.6) is 0 Å². The molecule has 116 valence electrons. The van der Waals surface area contributed by atoms with Crippen LogP contribution in [0.2, 0.25) is 0 Å². The van der Waals surface area contributed by atoms with Gasteiger partial charge in [0.05, 0.1) is 0 Å². The number of aliphatic imine (C=N–C) groups is 1. The number of rotatable bonds is 6. The van der Waals surface area contributed by atoms with E-state index in [0.717, 1.165) is 25.2 Å². The average Bonchev–Trinajstić information content (AvgIpc) is 2.90. The molecule has 0 bridgehead atoms. The summed E-state index contributed by atoms with van der Waals surface area (Å²) in [5.74, 6) is 0.852. The van der Waals surface area contributed by atoms with E-state index >= 15 is 0 Å². The van der Waals surface area contributed by atoms with Crippen LogP contribution in [0.15, 0.2) is 17.1 Å². The predicted octanol–water partition coefficient (Wildman–Crippen LogP) is 1.79. The van der Waals surface area contributed by atoms with Crippen LogP contribution in [0.25, 0.3) is 0 Å². The molecule has 0 radical (unpaired) electrons. The summed E-state index contributed by atoms with van der Waals surface area (Å²) < 4.78 is 0. The maximum Gasteiger partial charge on any atom is 0.221 e. The van der Waals surface area contributed by atoms with Crippen molar-refractivity contribution in [2.75, 3.05) is 13.6 Å². The standard InChI is InChI=1S/C14H26N4O.HI/c1-4-11(2)17-13(19)9-10-16-14(15-3)18-12-7-5-6-8-12;/h5-6,11-12H,4,7-10H2,1-3H3,(H,17,19)(H2,15,16,18);1H. The van der Waals surface area contributed by atoms with E-state index in [2.05, 4.69) is 40.0 Å². The first-order chi connectivity index (χ1) is 9.15. The van der Waals surface area contributed by atoms with E-state index in [1.165, 1.54) is 0 Å². The molecule has 0 aliphatic heterocycles. The van der Waals surface area contributed by atoms with Crippen LogP contribution in [0.4, 0.5) is 0 Å². The molecule has 0 saturated carbocycles. The van der Waals surface area contributed by atoms with Gasteiger partial charge in [-0.05, 0) is 26.2 Å². The number of carbonyl (C=O) groups excluding carboxylic acids is 1. The molecule has 20 heavy (non-hydrogen) atoms. The summed E-state index contributed by atoms with van der Waals surface area (Å²) in [5, 5.41) is 9.45. The van der Waals surface area contributed by atoms with E-state index in [-0.39, 0.29) is 35.9 Å². The molecule has 1 unspecified atom stereocenters. The van der Waals surface area contributed by atoms with Gasteiger partial charge in [0, 0.05) is 32.1 Å². The van der Waals surface area contributed by atoms with Crippen LogP contribution in [-0.4, -0.2) is 37.5 Å². The zero-order valence-electron chi connectivity index (χ0n) is 12.6. The van der Waals surface area contributed by atoms with Gasteiger partial charge < -0.3 is 16.0 Å². The molecule has 0 aromatic heterocycles. The molecule has 3 N–H and O–H groups in total. The highest BCUT2D eigenvalue weighted by Crippen LogP contribution is 2.08. The summed E-state index contributed by atoms with van der Waals surface area (Å²) in [7, 11) is 1.75. The van der Waals surface area contributed by atoms with E-state index in [0.29, 0.717) is 19.0 Å². The van der Waals surface area contributed by atoms with Gasteiger partial charge in [-0.1, -0.05) is 19.1 Å². The smallest absolute Gasteiger partial charge is 0.221 e. The van der Waals surface area contributed by atoms with Crippen molar-refractivity contribution in [3.8, 4) is 0 Å². The second kappa shape index (κ2) is 10.9. The number of hydrogen-bond acceptors (Lipinski definition) is 2. The van der Waals surface area contributed by atoms with Crippen LogP contribution < -0.4 is 16.0 Å². The Morgan fingerprint density at radius 1 is 1.40 bits per heavy atom. The predicted molar refractivity (Wildman–Crippen MR) is 94.6 cm³/mol. The van der Waals surface area contributed by atoms with E-state index in [4.69, 9.17) is 0 Å². The van der Waals surface area contributed by atoms with Gasteiger partial charge in [-0.3, -0.25) is 9.79 Å². The Labute approximate surface area is 139 Å². The number of hydrogen-bond donors (Lipinski definition) is 3. The molecular formula is C14H27IN4O. The molecule has 6 heteroatoms. The largest absolute Gasteiger partial charge is 0.356 e. The zero-order chi connectivity index (χ0) is 14.1. The molecule has 1 amide bonds. The van der Waals surface area contributed by atoms with Crippen LogP contribution in [0.3, 0.4) is 0 Å². The van der Waals surface area contributed by atoms with Gasteiger partial charge in [0.25, 0.3) is 0 Å². The maximum atomic E-state index is 11.6. The summed E-state index contributed by atoms with van der Waals surface area (Å²) in [6.07, 6.45) is 7.84. The molecule has 1 aliphatic carbocycles. The van der Waals surface area contributed by atoms with Crippen molar-refractivity contribution in [3.05, 3.63) is 12.2 Å². The fourth-order valence-electron chi connectivity index (χ4n) is 1.87. The average molecular weight is 394 g/mol. The number of nitrogens with one attached hydrogen (secondary N) is 3. The molecule has 0 heterocycles. The Hall–Kier alpha value is -0.790. The Kier molecular flexibility index (Phi) is 10.5. The number of carbonyl (C=O) groups is 1. The third kappa shape index (κ3) is 7.72. The monoisotopic (exact) mass is 394 g/mol. The highest BCUT2D eigenvalue weighted by Gasteiger charge is 2.11. The van der Waals surface area contributed by atoms with Crippen molar-refractivity contribution in [2.45, 2.75) is 51.6 Å². The third-order valence-electron chi connectivity index (χ3n) is 3.24. The topological polar surface area (TPSA) is 65.5 Å². The van der Waals surface area contributed by atoms with Gasteiger partial charge in [0.2, 0.25) is 5.91 Å². The lowest BCUT2D eigenvalue weighted by atomic mass is 10.2. The molecule has 0 aromatic carbocycles. The van der Waals surface area contributed by atoms with Crippen LogP contribution in [0.1, 0.15) is 39.5 Å². The summed E-state index contributed by atoms with van der Waals surface area (Å²) in [6, 6.07) is 0.676. The highest BCUT2D eigenvalue weighted by molar-refractivity contribution is 14.0. The molecular weight excluding hydrogens is 367 g/mol. The zero-order valence-corrected chi connectivity index (χ0v) is 14.9. The number of amides is 1. The highest BCUT2D eigenvalue weighted by atomic mass is 127. The first-order valence-electron chi connectivity index (χ1n) is 7.07. The molecule has 1 rings (SSSR count). The van der Waals surface area contributed by atoms with Crippen molar-refractivity contribution < 1.29 is 4.79 Å². The molecule has 1 aliphatic rings. The minimum absolute atomic E-state index is 0. The van der Waals surface area contributed by atoms with Gasteiger partial charge in [-0.15, -0.1) is 24.0 Å². The van der Waals surface area contributed by atoms with E-state index in [1.807, 2.05) is 6.92 Å². The number of guanidine groups is 1. The molecule has 1 atom stereocenters. The minimum atomic E-state index is 0. The number of nitrogens with zero attached hydrogens (tertiary/aromatic N) is 1. The van der Waals surface area contributed by atoms with Gasteiger partial charge in [-0.2, -0.15) is 0 Å². The SMILES string of the molecule is CCC(C)NC(=O)CCNC(=NC)NC1CC=CC1.I. The molecule has 0 spiro atoms. The Balaban J connectivity index is 0.00000361. The van der Waals surface area contributed by atoms with E-state index in [9.17, 15) is 4.79 Å². The van der Waals surface area contributed by atoms with Crippen molar-refractivity contribution in [1.82, 2.24) is 16.0 Å². The summed E-state index contributed by atoms with van der Waals surface area (Å²) in [4.78, 5) is 15.8. The maximum absolute atomic E-state index is 11.6. The lowest BCUT2D eigenvalue weighted by molar-refractivity contribution is -0.121. The van der Waals surface area contributed by atoms with Crippen LogP contribution in [0, 0.1) is 0 Å². The summed E-state index contributed by atoms with van der Waals surface area (Å²) >= 11 is 0. The molecule has 0 fully saturated rings. The van der Waals surface area contributed by atoms with Gasteiger partial charge in [0.1, 0.15) is 0 Å². The quantitative estimate of drug-likeness (QED) is 0.279. The fraction of sp³-hybridized carbons (Fsp3) is 0.714. The second-order valence-electron chi connectivity index (χ2n) is 4.91. The first kappa shape index (κ1) is 19.2. The first-order valence-corrected chi connectivity index (χ1v) is 7.07. The van der Waals surface area contributed by atoms with Crippen molar-refractivity contribution in [2.24, 2.45) is 4.99 Å². The van der Waals surface area contributed by atoms with Crippen molar-refractivity contribution >= 4 is 35.8 Å². The van der Waals surface area contributed by atoms with Crippen molar-refractivity contribution in [3.63, 3.8) is 0 Å². The van der Waals surface area contributed by atoms with Gasteiger partial charge in [0.15, 0.2) is 5.96 Å². The second-order valence-corrected chi connectivity index (χ2v) is 4.91. The van der Waals surface area contributed by atoms with Gasteiger partial charge >= 0.3 is 0 Å². The Bertz CT molecular complexity index is 336. The Morgan fingerprint density at radius 3 is 2.60 bits per heavy atom. The minimum Gasteiger partial charge on any atom is -0.356 e. The van der Waals surface area contributed by atoms with E-state index < -0.39 is 0 Å². The van der Waals surface area contributed by atoms with Gasteiger partial charge in [-0.25, -0.2) is 0 Å². The molecule has 0 aromatic rings. The fourth-order valence-corrected chi connectivity index (χ4v) is 1.87. The van der Waals surface area contributed by atoms with Crippen LogP contribution >= 0.6 is 24.0 Å². The normalized spacial score (nSPS) is 16.4. The lowest BCUT2D eigenvalue weighted by Crippen LogP contribution is -2.44. The molecule has 0 saturated heterocycles. The third-order valence-corrected chi connectivity index (χ3v) is 3.24.